The summed E-state index contributed by atoms with van der Waals surface area (Å²) in [6, 6.07) is 0. The number of esters is 1. The Balaban J connectivity index is 0.000000806. The van der Waals surface area contributed by atoms with E-state index in [1.54, 1.807) is 18.6 Å². The van der Waals surface area contributed by atoms with E-state index in [0.29, 0.717) is 25.9 Å². The molecule has 1 atom stereocenters. The van der Waals surface area contributed by atoms with Crippen molar-refractivity contribution in [1.29, 1.82) is 0 Å². The lowest BCUT2D eigenvalue weighted by molar-refractivity contribution is -0.152. The standard InChI is InChI=1S/C20H28N4O3.CH2O2/c25-18(4-3-16-14-21-7-8-22-16)24-11-5-20(6-12-24)13-17(27-19(20)26)15-23-9-1-2-10-23;2-1-3/h7-8,14,17H,1-6,9-13,15H2;1H,(H,2,3). The first-order valence-corrected chi connectivity index (χ1v) is 10.6. The number of aryl methyl sites for hydroxylation is 1. The Morgan fingerprint density at radius 2 is 1.93 bits per heavy atom. The van der Waals surface area contributed by atoms with Crippen molar-refractivity contribution in [1.82, 2.24) is 19.8 Å². The number of cyclic esters (lactones) is 1. The molecule has 30 heavy (non-hydrogen) atoms. The summed E-state index contributed by atoms with van der Waals surface area (Å²) < 4.78 is 5.72. The van der Waals surface area contributed by atoms with Crippen LogP contribution in [0.5, 0.6) is 0 Å². The van der Waals surface area contributed by atoms with Crippen LogP contribution < -0.4 is 0 Å². The highest BCUT2D eigenvalue weighted by atomic mass is 16.6. The normalized spacial score (nSPS) is 23.0. The summed E-state index contributed by atoms with van der Waals surface area (Å²) in [5, 5.41) is 6.89. The Bertz CT molecular complexity index is 715. The van der Waals surface area contributed by atoms with Crippen LogP contribution in [0.2, 0.25) is 0 Å². The molecule has 9 nitrogen and oxygen atoms in total. The monoisotopic (exact) mass is 418 g/mol. The third-order valence-electron chi connectivity index (χ3n) is 6.27. The molecule has 1 unspecified atom stereocenters. The Labute approximate surface area is 176 Å². The smallest absolute Gasteiger partial charge is 0.312 e. The average Bonchev–Trinajstić information content (AvgIpc) is 3.36. The largest absolute Gasteiger partial charge is 0.483 e. The second-order valence-electron chi connectivity index (χ2n) is 8.20. The number of piperidine rings is 1. The molecule has 164 valence electrons. The lowest BCUT2D eigenvalue weighted by Gasteiger charge is -2.36. The number of carbonyl (C=O) groups excluding carboxylic acids is 2. The van der Waals surface area contributed by atoms with E-state index >= 15 is 0 Å². The van der Waals surface area contributed by atoms with Gasteiger partial charge in [0.1, 0.15) is 6.10 Å². The molecule has 4 rings (SSSR count). The van der Waals surface area contributed by atoms with Gasteiger partial charge < -0.3 is 14.7 Å². The molecular weight excluding hydrogens is 388 g/mol. The molecular formula is C21H30N4O5. The molecule has 4 heterocycles. The van der Waals surface area contributed by atoms with Crippen LogP contribution >= 0.6 is 0 Å². The van der Waals surface area contributed by atoms with Crippen molar-refractivity contribution in [3.63, 3.8) is 0 Å². The quantitative estimate of drug-likeness (QED) is 0.559. The fourth-order valence-electron chi connectivity index (χ4n) is 4.64. The second-order valence-corrected chi connectivity index (χ2v) is 8.20. The molecule has 9 heteroatoms. The molecule has 0 aliphatic carbocycles. The first kappa shape index (κ1) is 22.1. The van der Waals surface area contributed by atoms with Crippen molar-refractivity contribution in [3.05, 3.63) is 24.3 Å². The fraction of sp³-hybridized carbons (Fsp3) is 0.667. The highest BCUT2D eigenvalue weighted by molar-refractivity contribution is 5.80. The van der Waals surface area contributed by atoms with E-state index in [2.05, 4.69) is 14.9 Å². The summed E-state index contributed by atoms with van der Waals surface area (Å²) in [7, 11) is 0. The van der Waals surface area contributed by atoms with E-state index in [-0.39, 0.29) is 29.9 Å². The van der Waals surface area contributed by atoms with Gasteiger partial charge in [-0.2, -0.15) is 0 Å². The number of hydrogen-bond donors (Lipinski definition) is 1. The minimum absolute atomic E-state index is 0.0227. The van der Waals surface area contributed by atoms with Crippen molar-refractivity contribution in [2.75, 3.05) is 32.7 Å². The Morgan fingerprint density at radius 1 is 1.23 bits per heavy atom. The third kappa shape index (κ3) is 5.53. The second kappa shape index (κ2) is 10.5. The van der Waals surface area contributed by atoms with Crippen LogP contribution in [0, 0.1) is 5.41 Å². The maximum atomic E-state index is 12.6. The molecule has 1 amide bonds. The van der Waals surface area contributed by atoms with Crippen LogP contribution in [-0.4, -0.2) is 82.1 Å². The number of rotatable bonds is 5. The van der Waals surface area contributed by atoms with Gasteiger partial charge in [-0.1, -0.05) is 0 Å². The van der Waals surface area contributed by atoms with E-state index in [4.69, 9.17) is 14.6 Å². The number of ether oxygens (including phenoxy) is 1. The van der Waals surface area contributed by atoms with Gasteiger partial charge in [-0.05, 0) is 45.2 Å². The minimum atomic E-state index is -0.369. The minimum Gasteiger partial charge on any atom is -0.483 e. The first-order chi connectivity index (χ1) is 14.6. The fourth-order valence-corrected chi connectivity index (χ4v) is 4.64. The van der Waals surface area contributed by atoms with E-state index in [1.165, 1.54) is 12.8 Å². The first-order valence-electron chi connectivity index (χ1n) is 10.6. The SMILES string of the molecule is O=C(CCc1cnccn1)N1CCC2(CC1)CC(CN1CCCC1)OC2=O.O=CO. The van der Waals surface area contributed by atoms with Gasteiger partial charge >= 0.3 is 5.97 Å². The highest BCUT2D eigenvalue weighted by Gasteiger charge is 2.51. The molecule has 3 aliphatic rings. The maximum Gasteiger partial charge on any atom is 0.312 e. The summed E-state index contributed by atoms with van der Waals surface area (Å²) in [4.78, 5) is 46.0. The van der Waals surface area contributed by atoms with E-state index in [1.807, 2.05) is 4.90 Å². The van der Waals surface area contributed by atoms with Crippen molar-refractivity contribution in [2.24, 2.45) is 5.41 Å². The third-order valence-corrected chi connectivity index (χ3v) is 6.27. The van der Waals surface area contributed by atoms with Gasteiger partial charge in [-0.15, -0.1) is 0 Å². The number of likely N-dealkylation sites (tertiary alicyclic amines) is 2. The molecule has 0 saturated carbocycles. The Kier molecular flexibility index (Phi) is 7.73. The zero-order chi connectivity index (χ0) is 21.4. The number of hydrogen-bond acceptors (Lipinski definition) is 7. The number of amides is 1. The van der Waals surface area contributed by atoms with Crippen molar-refractivity contribution < 1.29 is 24.2 Å². The predicted molar refractivity (Wildman–Crippen MR) is 107 cm³/mol. The molecule has 3 fully saturated rings. The molecule has 0 aromatic carbocycles. The molecule has 3 saturated heterocycles. The van der Waals surface area contributed by atoms with Gasteiger partial charge in [0.05, 0.1) is 11.1 Å². The zero-order valence-corrected chi connectivity index (χ0v) is 17.2. The lowest BCUT2D eigenvalue weighted by atomic mass is 9.76. The van der Waals surface area contributed by atoms with E-state index < -0.39 is 0 Å². The lowest BCUT2D eigenvalue weighted by Crippen LogP contribution is -2.45. The molecule has 1 spiro atoms. The highest BCUT2D eigenvalue weighted by Crippen LogP contribution is 2.43. The topological polar surface area (TPSA) is 113 Å². The number of aromatic nitrogens is 2. The van der Waals surface area contributed by atoms with E-state index in [9.17, 15) is 9.59 Å². The van der Waals surface area contributed by atoms with Gasteiger partial charge in [0.15, 0.2) is 0 Å². The molecule has 1 N–H and O–H groups in total. The summed E-state index contributed by atoms with van der Waals surface area (Å²) in [6.07, 6.45) is 10.8. The zero-order valence-electron chi connectivity index (χ0n) is 17.2. The van der Waals surface area contributed by atoms with Crippen LogP contribution in [0.15, 0.2) is 18.6 Å². The van der Waals surface area contributed by atoms with Gasteiger partial charge in [0.25, 0.3) is 6.47 Å². The van der Waals surface area contributed by atoms with Crippen LogP contribution in [0.1, 0.15) is 44.2 Å². The van der Waals surface area contributed by atoms with Gasteiger partial charge in [-0.3, -0.25) is 29.3 Å². The number of carbonyl (C=O) groups is 3. The molecule has 1 aromatic heterocycles. The number of carboxylic acid groups (broad SMARTS) is 1. The van der Waals surface area contributed by atoms with Crippen LogP contribution in [-0.2, 0) is 25.5 Å². The summed E-state index contributed by atoms with van der Waals surface area (Å²) >= 11 is 0. The van der Waals surface area contributed by atoms with Crippen molar-refractivity contribution in [3.8, 4) is 0 Å². The van der Waals surface area contributed by atoms with E-state index in [0.717, 1.165) is 44.6 Å². The maximum absolute atomic E-state index is 12.6. The Hall–Kier alpha value is -2.55. The summed E-state index contributed by atoms with van der Waals surface area (Å²) in [5.74, 6) is 0.0915. The van der Waals surface area contributed by atoms with Crippen LogP contribution in [0.3, 0.4) is 0 Å². The predicted octanol–water partition coefficient (Wildman–Crippen LogP) is 1.13. The van der Waals surface area contributed by atoms with Gasteiger partial charge in [0, 0.05) is 51.1 Å². The Morgan fingerprint density at radius 3 is 2.57 bits per heavy atom. The molecule has 1 aromatic rings. The number of nitrogens with zero attached hydrogens (tertiary/aromatic N) is 4. The molecule has 3 aliphatic heterocycles. The summed E-state index contributed by atoms with van der Waals surface area (Å²) in [6.45, 7) is 4.15. The van der Waals surface area contributed by atoms with Gasteiger partial charge in [-0.25, -0.2) is 0 Å². The van der Waals surface area contributed by atoms with Crippen molar-refractivity contribution in [2.45, 2.75) is 51.0 Å². The average molecular weight is 418 g/mol. The van der Waals surface area contributed by atoms with Crippen LogP contribution in [0.4, 0.5) is 0 Å². The summed E-state index contributed by atoms with van der Waals surface area (Å²) in [5.41, 5.74) is 0.468. The molecule has 0 radical (unpaired) electrons. The van der Waals surface area contributed by atoms with Crippen molar-refractivity contribution >= 4 is 18.3 Å². The van der Waals surface area contributed by atoms with Gasteiger partial charge in [0.2, 0.25) is 5.91 Å². The van der Waals surface area contributed by atoms with Crippen LogP contribution in [0.25, 0.3) is 0 Å². The molecule has 0 bridgehead atoms.